The summed E-state index contributed by atoms with van der Waals surface area (Å²) in [4.78, 5) is 36.6. The summed E-state index contributed by atoms with van der Waals surface area (Å²) in [7, 11) is -4.17. The first-order valence-corrected chi connectivity index (χ1v) is 16.1. The predicted octanol–water partition coefficient (Wildman–Crippen LogP) is 3.64. The van der Waals surface area contributed by atoms with Crippen molar-refractivity contribution in [2.75, 3.05) is 18.8 Å². The van der Waals surface area contributed by atoms with E-state index in [1.54, 1.807) is 18.2 Å². The van der Waals surface area contributed by atoms with E-state index < -0.39 is 44.9 Å². The number of amides is 1. The fourth-order valence-corrected chi connectivity index (χ4v) is 7.02. The summed E-state index contributed by atoms with van der Waals surface area (Å²) in [6.45, 7) is 5.18. The number of carbonyl (C=O) groups excluding carboxylic acids is 2. The fourth-order valence-electron chi connectivity index (χ4n) is 5.40. The molecule has 1 aliphatic heterocycles. The molecule has 0 aliphatic carbocycles. The third-order valence-electron chi connectivity index (χ3n) is 7.80. The van der Waals surface area contributed by atoms with Crippen LogP contribution in [0.25, 0.3) is 0 Å². The van der Waals surface area contributed by atoms with Gasteiger partial charge in [-0.05, 0) is 47.6 Å². The summed E-state index contributed by atoms with van der Waals surface area (Å²) < 4.78 is 33.9. The zero-order chi connectivity index (χ0) is 32.9. The van der Waals surface area contributed by atoms with E-state index in [0.717, 1.165) is 39.7 Å². The number of nitrogens with two attached hydrogens (primary N) is 1. The quantitative estimate of drug-likeness (QED) is 0.0827. The number of rotatable bonds is 13. The number of benzene rings is 3. The number of nitrogens with zero attached hydrogens (tertiary/aromatic N) is 2. The number of ether oxygens (including phenoxy) is 1. The maximum atomic E-state index is 13.6. The molecule has 3 aromatic rings. The first kappa shape index (κ1) is 33.6. The van der Waals surface area contributed by atoms with Crippen LogP contribution in [0.2, 0.25) is 0 Å². The van der Waals surface area contributed by atoms with E-state index in [-0.39, 0.29) is 48.3 Å². The minimum Gasteiger partial charge on any atom is -0.426 e. The zero-order valence-electron chi connectivity index (χ0n) is 25.3. The molecule has 0 spiro atoms. The number of aliphatic hydroxyl groups is 1. The zero-order valence-corrected chi connectivity index (χ0v) is 26.1. The molecule has 4 atom stereocenters. The Labute approximate surface area is 262 Å². The van der Waals surface area contributed by atoms with Gasteiger partial charge in [0, 0.05) is 43.4 Å². The van der Waals surface area contributed by atoms with Gasteiger partial charge in [-0.1, -0.05) is 57.2 Å². The van der Waals surface area contributed by atoms with Crippen molar-refractivity contribution in [1.82, 2.24) is 9.62 Å². The Morgan fingerprint density at radius 3 is 2.38 bits per heavy atom. The molecule has 240 valence electrons. The SMILES string of the molecule is CC(C)CN(C[C@@H](O)[C@H](Cc1ccccc1)NC(=O)CC1C(=O)Oc2cc(N)ccc2C1C)S(=O)(=O)c1ccc([N+](=O)[O-])cc1. The monoisotopic (exact) mass is 638 g/mol. The van der Waals surface area contributed by atoms with Crippen LogP contribution in [0.3, 0.4) is 0 Å². The lowest BCUT2D eigenvalue weighted by Crippen LogP contribution is -2.51. The van der Waals surface area contributed by atoms with E-state index >= 15 is 0 Å². The summed E-state index contributed by atoms with van der Waals surface area (Å²) in [6, 6.07) is 17.8. The van der Waals surface area contributed by atoms with Gasteiger partial charge in [-0.15, -0.1) is 0 Å². The summed E-state index contributed by atoms with van der Waals surface area (Å²) in [5.41, 5.74) is 7.58. The molecule has 4 N–H and O–H groups in total. The first-order valence-electron chi connectivity index (χ1n) is 14.6. The van der Waals surface area contributed by atoms with Gasteiger partial charge in [-0.2, -0.15) is 4.31 Å². The third kappa shape index (κ3) is 8.24. The summed E-state index contributed by atoms with van der Waals surface area (Å²) in [5.74, 6) is -1.94. The molecule has 1 amide bonds. The molecular formula is C32H38N4O8S. The minimum absolute atomic E-state index is 0.0533. The van der Waals surface area contributed by atoms with E-state index in [0.29, 0.717) is 11.4 Å². The average Bonchev–Trinajstić information content (AvgIpc) is 2.98. The van der Waals surface area contributed by atoms with Crippen molar-refractivity contribution >= 4 is 33.3 Å². The predicted molar refractivity (Wildman–Crippen MR) is 168 cm³/mol. The van der Waals surface area contributed by atoms with Crippen molar-refractivity contribution in [3.63, 3.8) is 0 Å². The van der Waals surface area contributed by atoms with Gasteiger partial charge in [0.2, 0.25) is 15.9 Å². The number of hydrogen-bond acceptors (Lipinski definition) is 9. The molecular weight excluding hydrogens is 600 g/mol. The number of nitrogen functional groups attached to an aromatic ring is 1. The van der Waals surface area contributed by atoms with Crippen molar-refractivity contribution in [2.24, 2.45) is 11.8 Å². The maximum absolute atomic E-state index is 13.6. The van der Waals surface area contributed by atoms with Gasteiger partial charge in [0.25, 0.3) is 5.69 Å². The topological polar surface area (TPSA) is 182 Å². The van der Waals surface area contributed by atoms with E-state index in [1.807, 2.05) is 51.1 Å². The van der Waals surface area contributed by atoms with Gasteiger partial charge >= 0.3 is 5.97 Å². The van der Waals surface area contributed by atoms with Crippen LogP contribution in [-0.2, 0) is 26.0 Å². The number of aliphatic hydroxyl groups excluding tert-OH is 1. The average molecular weight is 639 g/mol. The van der Waals surface area contributed by atoms with Crippen molar-refractivity contribution in [2.45, 2.75) is 56.6 Å². The normalized spacial score (nSPS) is 17.8. The Morgan fingerprint density at radius 1 is 1.09 bits per heavy atom. The molecule has 0 fully saturated rings. The van der Waals surface area contributed by atoms with E-state index in [2.05, 4.69) is 5.32 Å². The van der Waals surface area contributed by atoms with Crippen LogP contribution in [-0.4, -0.2) is 59.9 Å². The van der Waals surface area contributed by atoms with Crippen molar-refractivity contribution in [3.05, 3.63) is 94.0 Å². The second kappa shape index (κ2) is 14.2. The lowest BCUT2D eigenvalue weighted by atomic mass is 9.82. The van der Waals surface area contributed by atoms with Gasteiger partial charge in [0.05, 0.1) is 27.9 Å². The Kier molecular flexibility index (Phi) is 10.6. The van der Waals surface area contributed by atoms with Crippen LogP contribution in [0, 0.1) is 22.0 Å². The van der Waals surface area contributed by atoms with Gasteiger partial charge in [-0.25, -0.2) is 8.42 Å². The summed E-state index contributed by atoms with van der Waals surface area (Å²) in [5, 5.41) is 25.4. The Bertz CT molecular complexity index is 1630. The van der Waals surface area contributed by atoms with Gasteiger partial charge in [-0.3, -0.25) is 19.7 Å². The molecule has 13 heteroatoms. The van der Waals surface area contributed by atoms with Gasteiger partial charge < -0.3 is 20.9 Å². The Hall–Kier alpha value is -4.33. The van der Waals surface area contributed by atoms with Gasteiger partial charge in [0.15, 0.2) is 0 Å². The molecule has 12 nitrogen and oxygen atoms in total. The molecule has 1 heterocycles. The van der Waals surface area contributed by atoms with Crippen molar-refractivity contribution in [3.8, 4) is 5.75 Å². The van der Waals surface area contributed by atoms with Crippen LogP contribution in [0.15, 0.2) is 77.7 Å². The largest absolute Gasteiger partial charge is 0.426 e. The number of hydrogen-bond donors (Lipinski definition) is 3. The first-order chi connectivity index (χ1) is 21.3. The van der Waals surface area contributed by atoms with E-state index in [4.69, 9.17) is 10.5 Å². The van der Waals surface area contributed by atoms with Crippen LogP contribution in [0.5, 0.6) is 5.75 Å². The fraction of sp³-hybridized carbons (Fsp3) is 0.375. The van der Waals surface area contributed by atoms with Gasteiger partial charge in [0.1, 0.15) is 5.75 Å². The Morgan fingerprint density at radius 2 is 1.76 bits per heavy atom. The smallest absolute Gasteiger partial charge is 0.315 e. The highest BCUT2D eigenvalue weighted by Crippen LogP contribution is 2.40. The minimum atomic E-state index is -4.17. The van der Waals surface area contributed by atoms with Crippen LogP contribution < -0.4 is 15.8 Å². The molecule has 0 bridgehead atoms. The number of fused-ring (bicyclic) bond motifs is 1. The highest BCUT2D eigenvalue weighted by Gasteiger charge is 2.38. The van der Waals surface area contributed by atoms with E-state index in [9.17, 15) is 33.2 Å². The number of non-ortho nitro benzene ring substituents is 1. The molecule has 3 aromatic carbocycles. The summed E-state index contributed by atoms with van der Waals surface area (Å²) in [6.07, 6.45) is -1.37. The number of esters is 1. The summed E-state index contributed by atoms with van der Waals surface area (Å²) >= 11 is 0. The number of sulfonamides is 1. The lowest BCUT2D eigenvalue weighted by Gasteiger charge is -2.32. The molecule has 2 unspecified atom stereocenters. The van der Waals surface area contributed by atoms with Crippen LogP contribution in [0.4, 0.5) is 11.4 Å². The van der Waals surface area contributed by atoms with Crippen molar-refractivity contribution < 1.29 is 32.8 Å². The number of anilines is 1. The molecule has 0 saturated heterocycles. The van der Waals surface area contributed by atoms with Crippen LogP contribution >= 0.6 is 0 Å². The van der Waals surface area contributed by atoms with Crippen molar-refractivity contribution in [1.29, 1.82) is 0 Å². The molecule has 4 rings (SSSR count). The number of carbonyl (C=O) groups is 2. The van der Waals surface area contributed by atoms with E-state index in [1.165, 1.54) is 0 Å². The Balaban J connectivity index is 1.55. The standard InChI is InChI=1S/C32H38N4O8S/c1-20(2)18-35(45(42,43)25-12-10-24(11-13-25)36(40)41)19-29(37)28(15-22-7-5-4-6-8-22)34-31(38)17-27-21(3)26-14-9-23(33)16-30(26)44-32(27)39/h4-14,16,20-21,27-29,37H,15,17-19,33H2,1-3H3,(H,34,38)/t21?,27?,28-,29+/m0/s1. The lowest BCUT2D eigenvalue weighted by molar-refractivity contribution is -0.384. The highest BCUT2D eigenvalue weighted by atomic mass is 32.2. The second-order valence-electron chi connectivity index (χ2n) is 11.7. The number of nitro groups is 1. The molecule has 0 aromatic heterocycles. The van der Waals surface area contributed by atoms with Crippen LogP contribution in [0.1, 0.15) is 44.2 Å². The highest BCUT2D eigenvalue weighted by molar-refractivity contribution is 7.89. The molecule has 0 radical (unpaired) electrons. The molecule has 45 heavy (non-hydrogen) atoms. The second-order valence-corrected chi connectivity index (χ2v) is 13.7. The molecule has 0 saturated carbocycles. The molecule has 1 aliphatic rings. The number of nitro benzene ring substituents is 1. The third-order valence-corrected chi connectivity index (χ3v) is 9.65. The number of nitrogens with one attached hydrogen (secondary N) is 1. The maximum Gasteiger partial charge on any atom is 0.315 e.